The van der Waals surface area contributed by atoms with Gasteiger partial charge in [-0.1, -0.05) is 23.9 Å². The van der Waals surface area contributed by atoms with Crippen LogP contribution in [0.1, 0.15) is 44.4 Å². The lowest BCUT2D eigenvalue weighted by Crippen LogP contribution is -2.26. The quantitative estimate of drug-likeness (QED) is 0.133. The highest BCUT2D eigenvalue weighted by molar-refractivity contribution is 8.03. The van der Waals surface area contributed by atoms with E-state index < -0.39 is 11.7 Å². The van der Waals surface area contributed by atoms with Gasteiger partial charge in [-0.2, -0.15) is 10.3 Å². The van der Waals surface area contributed by atoms with Gasteiger partial charge in [0.1, 0.15) is 12.2 Å². The van der Waals surface area contributed by atoms with Gasteiger partial charge < -0.3 is 14.4 Å². The molecule has 0 radical (unpaired) electrons. The molecule has 1 aromatic heterocycles. The second-order valence-electron chi connectivity index (χ2n) is 9.83. The van der Waals surface area contributed by atoms with Crippen LogP contribution in [0, 0.1) is 11.3 Å². The molecule has 0 saturated heterocycles. The van der Waals surface area contributed by atoms with E-state index in [-0.39, 0.29) is 6.61 Å². The molecule has 3 rings (SSSR count). The van der Waals surface area contributed by atoms with Gasteiger partial charge >= 0.3 is 6.09 Å². The Kier molecular flexibility index (Phi) is 9.74. The first-order chi connectivity index (χ1) is 18.5. The van der Waals surface area contributed by atoms with Crippen LogP contribution in [0.4, 0.5) is 10.5 Å². The Morgan fingerprint density at radius 1 is 1.15 bits per heavy atom. The summed E-state index contributed by atoms with van der Waals surface area (Å²) in [5.41, 5.74) is 2.59. The van der Waals surface area contributed by atoms with Gasteiger partial charge in [0.05, 0.1) is 11.6 Å². The van der Waals surface area contributed by atoms with E-state index in [9.17, 15) is 4.79 Å². The van der Waals surface area contributed by atoms with Gasteiger partial charge in [0.25, 0.3) is 0 Å². The molecule has 1 heterocycles. The van der Waals surface area contributed by atoms with Crippen molar-refractivity contribution in [3.8, 4) is 6.07 Å². The number of hydrogen-bond acceptors (Lipinski definition) is 7. The van der Waals surface area contributed by atoms with E-state index in [0.717, 1.165) is 21.1 Å². The molecule has 0 bridgehead atoms. The lowest BCUT2D eigenvalue weighted by Gasteiger charge is -2.19. The normalized spacial score (nSPS) is 12.3. The molecule has 0 atom stereocenters. The number of anilines is 1. The molecule has 0 amide bonds. The van der Waals surface area contributed by atoms with E-state index in [1.807, 2.05) is 77.0 Å². The highest BCUT2D eigenvalue weighted by atomic mass is 32.2. The SMILES string of the molecule is C=NC(=N/C(OCc1cccc(N(C)C)c1)=C(\C)Sc1ccc(C#N)cc1)c1ccn(C(=O)OC(C)(C)C)c1. The second-order valence-corrected chi connectivity index (χ2v) is 11.1. The van der Waals surface area contributed by atoms with Crippen molar-refractivity contribution in [3.63, 3.8) is 0 Å². The van der Waals surface area contributed by atoms with Gasteiger partial charge in [-0.05, 0) is 82.4 Å². The van der Waals surface area contributed by atoms with Crippen molar-refractivity contribution in [1.82, 2.24) is 4.57 Å². The first kappa shape index (κ1) is 29.3. The molecule has 0 saturated carbocycles. The molecule has 0 aliphatic carbocycles. The van der Waals surface area contributed by atoms with Gasteiger partial charge in [0, 0.05) is 47.5 Å². The Morgan fingerprint density at radius 2 is 1.87 bits per heavy atom. The number of nitriles is 1. The number of allylic oxidation sites excluding steroid dienone is 1. The number of nitrogens with zero attached hydrogens (tertiary/aromatic N) is 5. The van der Waals surface area contributed by atoms with Crippen molar-refractivity contribution in [2.75, 3.05) is 19.0 Å². The topological polar surface area (TPSA) is 92.2 Å². The second kappa shape index (κ2) is 13.0. The molecule has 202 valence electrons. The third kappa shape index (κ3) is 8.62. The molecule has 9 heteroatoms. The van der Waals surface area contributed by atoms with Crippen molar-refractivity contribution >= 4 is 36.1 Å². The minimum atomic E-state index is -0.622. The smallest absolute Gasteiger partial charge is 0.418 e. The zero-order chi connectivity index (χ0) is 28.6. The zero-order valence-electron chi connectivity index (χ0n) is 23.1. The summed E-state index contributed by atoms with van der Waals surface area (Å²) in [5.74, 6) is 0.668. The Hall–Kier alpha value is -4.29. The molecule has 0 fully saturated rings. The largest absolute Gasteiger partial charge is 0.472 e. The molecule has 39 heavy (non-hydrogen) atoms. The molecule has 3 aromatic rings. The number of amidine groups is 1. The van der Waals surface area contributed by atoms with Crippen LogP contribution in [-0.4, -0.2) is 42.9 Å². The minimum Gasteiger partial charge on any atom is -0.472 e. The fourth-order valence-corrected chi connectivity index (χ4v) is 4.17. The van der Waals surface area contributed by atoms with Crippen LogP contribution < -0.4 is 4.90 Å². The van der Waals surface area contributed by atoms with Crippen LogP contribution in [0.25, 0.3) is 0 Å². The summed E-state index contributed by atoms with van der Waals surface area (Å²) < 4.78 is 13.0. The Labute approximate surface area is 234 Å². The predicted molar refractivity (Wildman–Crippen MR) is 157 cm³/mol. The molecular weight excluding hydrogens is 510 g/mol. The Bertz CT molecular complexity index is 1420. The predicted octanol–water partition coefficient (Wildman–Crippen LogP) is 6.85. The average molecular weight is 544 g/mol. The van der Waals surface area contributed by atoms with Crippen molar-refractivity contribution in [3.05, 3.63) is 94.5 Å². The van der Waals surface area contributed by atoms with Crippen LogP contribution in [0.2, 0.25) is 0 Å². The summed E-state index contributed by atoms with van der Waals surface area (Å²) in [6.45, 7) is 11.3. The maximum atomic E-state index is 12.5. The van der Waals surface area contributed by atoms with Gasteiger partial charge in [0.2, 0.25) is 5.88 Å². The summed E-state index contributed by atoms with van der Waals surface area (Å²) in [6.07, 6.45) is 2.69. The summed E-state index contributed by atoms with van der Waals surface area (Å²) in [4.78, 5) is 25.1. The van der Waals surface area contributed by atoms with E-state index in [2.05, 4.69) is 23.8 Å². The highest BCUT2D eigenvalue weighted by Crippen LogP contribution is 2.31. The van der Waals surface area contributed by atoms with E-state index in [1.54, 1.807) is 30.6 Å². The number of carbonyl (C=O) groups excluding carboxylic acids is 1. The van der Waals surface area contributed by atoms with E-state index in [4.69, 9.17) is 19.7 Å². The van der Waals surface area contributed by atoms with Crippen LogP contribution in [0.5, 0.6) is 0 Å². The summed E-state index contributed by atoms with van der Waals surface area (Å²) in [6, 6.07) is 19.2. The number of thioether (sulfide) groups is 1. The highest BCUT2D eigenvalue weighted by Gasteiger charge is 2.19. The first-order valence-electron chi connectivity index (χ1n) is 12.2. The summed E-state index contributed by atoms with van der Waals surface area (Å²) in [7, 11) is 3.97. The lowest BCUT2D eigenvalue weighted by molar-refractivity contribution is 0.0537. The Balaban J connectivity index is 1.94. The van der Waals surface area contributed by atoms with Crippen LogP contribution in [-0.2, 0) is 16.1 Å². The van der Waals surface area contributed by atoms with E-state index in [0.29, 0.717) is 22.8 Å². The third-order valence-corrected chi connectivity index (χ3v) is 6.26. The number of aliphatic imine (C=N–C) groups is 2. The minimum absolute atomic E-state index is 0.287. The van der Waals surface area contributed by atoms with Gasteiger partial charge in [0.15, 0.2) is 5.84 Å². The summed E-state index contributed by atoms with van der Waals surface area (Å²) in [5, 5.41) is 9.10. The molecule has 0 unspecified atom stereocenters. The van der Waals surface area contributed by atoms with Gasteiger partial charge in [-0.3, -0.25) is 4.57 Å². The standard InChI is InChI=1S/C30H33N5O3S/c1-21(39-26-13-11-22(18-31)12-14-26)28(37-20-23-9-8-10-25(17-23)34(6)7)33-27(32-5)24-15-16-35(19-24)29(36)38-30(2,3)4/h8-17,19H,5,20H2,1-4,6-7H3/b28-21-,33-27?. The molecule has 0 spiro atoms. The number of aromatic nitrogens is 1. The molecule has 0 aliphatic heterocycles. The van der Waals surface area contributed by atoms with Crippen molar-refractivity contribution < 1.29 is 14.3 Å². The molecule has 2 aromatic carbocycles. The van der Waals surface area contributed by atoms with E-state index >= 15 is 0 Å². The number of rotatable bonds is 8. The Morgan fingerprint density at radius 3 is 2.49 bits per heavy atom. The average Bonchev–Trinajstić information content (AvgIpc) is 3.39. The fourth-order valence-electron chi connectivity index (χ4n) is 3.35. The lowest BCUT2D eigenvalue weighted by atomic mass is 10.2. The number of carbonyl (C=O) groups is 1. The van der Waals surface area contributed by atoms with Gasteiger partial charge in [-0.15, -0.1) is 0 Å². The van der Waals surface area contributed by atoms with E-state index in [1.165, 1.54) is 16.3 Å². The number of ether oxygens (including phenoxy) is 2. The monoisotopic (exact) mass is 543 g/mol. The number of benzene rings is 2. The van der Waals surface area contributed by atoms with Crippen LogP contribution in [0.15, 0.2) is 92.7 Å². The number of hydrogen-bond donors (Lipinski definition) is 0. The van der Waals surface area contributed by atoms with Crippen LogP contribution in [0.3, 0.4) is 0 Å². The van der Waals surface area contributed by atoms with Crippen molar-refractivity contribution in [1.29, 1.82) is 5.26 Å². The zero-order valence-corrected chi connectivity index (χ0v) is 24.0. The van der Waals surface area contributed by atoms with Crippen LogP contribution >= 0.6 is 11.8 Å². The summed E-state index contributed by atoms with van der Waals surface area (Å²) >= 11 is 1.47. The van der Waals surface area contributed by atoms with Crippen molar-refractivity contribution in [2.24, 2.45) is 9.98 Å². The molecular formula is C30H33N5O3S. The maximum absolute atomic E-state index is 12.5. The first-order valence-corrected chi connectivity index (χ1v) is 13.1. The molecule has 8 nitrogen and oxygen atoms in total. The van der Waals surface area contributed by atoms with Gasteiger partial charge in [-0.25, -0.2) is 9.79 Å². The van der Waals surface area contributed by atoms with Crippen molar-refractivity contribution in [2.45, 2.75) is 44.8 Å². The fraction of sp³-hybridized carbons (Fsp3) is 0.267. The third-order valence-electron chi connectivity index (χ3n) is 5.27. The maximum Gasteiger partial charge on any atom is 0.418 e. The molecule has 0 N–H and O–H groups in total. The molecule has 0 aliphatic rings.